The zero-order valence-electron chi connectivity index (χ0n) is 16.8. The predicted molar refractivity (Wildman–Crippen MR) is 117 cm³/mol. The van der Waals surface area contributed by atoms with Crippen molar-refractivity contribution in [1.29, 1.82) is 0 Å². The Labute approximate surface area is 179 Å². The summed E-state index contributed by atoms with van der Waals surface area (Å²) in [5.41, 5.74) is 3.92. The Morgan fingerprint density at radius 2 is 1.93 bits per heavy atom. The molecule has 8 heteroatoms. The van der Waals surface area contributed by atoms with Crippen LogP contribution in [0.3, 0.4) is 0 Å². The molecule has 29 heavy (non-hydrogen) atoms. The molecule has 3 aromatic rings. The Kier molecular flexibility index (Phi) is 6.82. The summed E-state index contributed by atoms with van der Waals surface area (Å²) in [6.45, 7) is 6.17. The Balaban J connectivity index is 1.55. The molecular weight excluding hydrogens is 408 g/mol. The van der Waals surface area contributed by atoms with E-state index in [1.165, 1.54) is 11.8 Å². The van der Waals surface area contributed by atoms with Gasteiger partial charge in [0.15, 0.2) is 11.0 Å². The molecule has 0 radical (unpaired) electrons. The van der Waals surface area contributed by atoms with E-state index >= 15 is 0 Å². The molecule has 152 valence electrons. The Morgan fingerprint density at radius 3 is 2.69 bits per heavy atom. The van der Waals surface area contributed by atoms with Crippen LogP contribution in [0.4, 0.5) is 5.69 Å². The second kappa shape index (κ2) is 9.33. The summed E-state index contributed by atoms with van der Waals surface area (Å²) < 4.78 is 7.61. The number of halogens is 1. The molecule has 1 heterocycles. The number of nitrogens with zero attached hydrogens (tertiary/aromatic N) is 3. The van der Waals surface area contributed by atoms with E-state index in [4.69, 9.17) is 16.3 Å². The maximum Gasteiger partial charge on any atom is 0.234 e. The molecule has 0 atom stereocenters. The van der Waals surface area contributed by atoms with E-state index in [0.717, 1.165) is 28.1 Å². The lowest BCUT2D eigenvalue weighted by Gasteiger charge is -2.09. The third-order valence-corrected chi connectivity index (χ3v) is 5.87. The van der Waals surface area contributed by atoms with Crippen LogP contribution in [0.5, 0.6) is 5.75 Å². The molecule has 0 bridgehead atoms. The van der Waals surface area contributed by atoms with Gasteiger partial charge in [-0.05, 0) is 61.7 Å². The Morgan fingerprint density at radius 1 is 1.14 bits per heavy atom. The van der Waals surface area contributed by atoms with Gasteiger partial charge in [-0.3, -0.25) is 4.79 Å². The number of hydrogen-bond donors (Lipinski definition) is 1. The van der Waals surface area contributed by atoms with Crippen molar-refractivity contribution < 1.29 is 9.53 Å². The molecule has 0 spiro atoms. The number of nitrogens with one attached hydrogen (secondary N) is 1. The highest BCUT2D eigenvalue weighted by molar-refractivity contribution is 7.99. The molecule has 3 rings (SSSR count). The maximum absolute atomic E-state index is 12.3. The maximum atomic E-state index is 12.3. The van der Waals surface area contributed by atoms with Crippen LogP contribution in [0, 0.1) is 20.8 Å². The standard InChI is InChI=1S/C21H23ClN4O2S/c1-13-5-6-14(2)18(9-13)23-20(27)12-29-21-25-24-19(26(21)4)11-28-16-7-8-17(22)15(3)10-16/h5-10H,11-12H2,1-4H3,(H,23,27). The number of benzene rings is 2. The van der Waals surface area contributed by atoms with Crippen molar-refractivity contribution in [3.63, 3.8) is 0 Å². The minimum atomic E-state index is -0.0823. The van der Waals surface area contributed by atoms with Crippen molar-refractivity contribution in [2.45, 2.75) is 32.5 Å². The molecular formula is C21H23ClN4O2S. The van der Waals surface area contributed by atoms with E-state index in [-0.39, 0.29) is 18.3 Å². The van der Waals surface area contributed by atoms with Crippen molar-refractivity contribution in [1.82, 2.24) is 14.8 Å². The average Bonchev–Trinajstić information content (AvgIpc) is 3.04. The number of aryl methyl sites for hydroxylation is 3. The second-order valence-corrected chi connectivity index (χ2v) is 8.16. The fraction of sp³-hybridized carbons (Fsp3) is 0.286. The average molecular weight is 431 g/mol. The minimum absolute atomic E-state index is 0.0823. The van der Waals surface area contributed by atoms with Gasteiger partial charge in [-0.15, -0.1) is 10.2 Å². The van der Waals surface area contributed by atoms with Crippen LogP contribution in [0.15, 0.2) is 41.6 Å². The van der Waals surface area contributed by atoms with E-state index in [2.05, 4.69) is 15.5 Å². The highest BCUT2D eigenvalue weighted by Crippen LogP contribution is 2.23. The second-order valence-electron chi connectivity index (χ2n) is 6.81. The van der Waals surface area contributed by atoms with Crippen LogP contribution in [0.25, 0.3) is 0 Å². The molecule has 0 aliphatic rings. The van der Waals surface area contributed by atoms with E-state index < -0.39 is 0 Å². The molecule has 0 saturated carbocycles. The summed E-state index contributed by atoms with van der Waals surface area (Å²) >= 11 is 7.37. The largest absolute Gasteiger partial charge is 0.486 e. The molecule has 0 aliphatic carbocycles. The first-order valence-corrected chi connectivity index (χ1v) is 10.5. The molecule has 0 fully saturated rings. The molecule has 1 amide bonds. The summed E-state index contributed by atoms with van der Waals surface area (Å²) in [7, 11) is 1.86. The van der Waals surface area contributed by atoms with E-state index in [1.807, 2.05) is 62.7 Å². The van der Waals surface area contributed by atoms with E-state index in [9.17, 15) is 4.79 Å². The van der Waals surface area contributed by atoms with Gasteiger partial charge >= 0.3 is 0 Å². The first-order chi connectivity index (χ1) is 13.8. The van der Waals surface area contributed by atoms with Crippen LogP contribution < -0.4 is 10.1 Å². The van der Waals surface area contributed by atoms with Gasteiger partial charge in [-0.2, -0.15) is 0 Å². The Hall–Kier alpha value is -2.51. The summed E-state index contributed by atoms with van der Waals surface area (Å²) in [4.78, 5) is 12.3. The minimum Gasteiger partial charge on any atom is -0.486 e. The highest BCUT2D eigenvalue weighted by Gasteiger charge is 2.13. The van der Waals surface area contributed by atoms with Gasteiger partial charge in [-0.1, -0.05) is 35.5 Å². The summed E-state index contributed by atoms with van der Waals surface area (Å²) in [5, 5.41) is 12.6. The zero-order chi connectivity index (χ0) is 21.0. The smallest absolute Gasteiger partial charge is 0.234 e. The number of rotatable bonds is 7. The molecule has 0 aliphatic heterocycles. The number of amides is 1. The van der Waals surface area contributed by atoms with Gasteiger partial charge in [-0.25, -0.2) is 0 Å². The third kappa shape index (κ3) is 5.52. The number of carbonyl (C=O) groups is 1. The van der Waals surface area contributed by atoms with Crippen molar-refractivity contribution in [3.8, 4) is 5.75 Å². The van der Waals surface area contributed by atoms with Crippen LogP contribution in [-0.4, -0.2) is 26.4 Å². The summed E-state index contributed by atoms with van der Waals surface area (Å²) in [6, 6.07) is 11.5. The number of aromatic nitrogens is 3. The quantitative estimate of drug-likeness (QED) is 0.550. The van der Waals surface area contributed by atoms with Gasteiger partial charge in [0.2, 0.25) is 5.91 Å². The number of thioether (sulfide) groups is 1. The van der Waals surface area contributed by atoms with Crippen LogP contribution in [-0.2, 0) is 18.4 Å². The number of anilines is 1. The SMILES string of the molecule is Cc1ccc(C)c(NC(=O)CSc2nnc(COc3ccc(Cl)c(C)c3)n2C)c1. The Bertz CT molecular complexity index is 1040. The van der Waals surface area contributed by atoms with Crippen molar-refractivity contribution >= 4 is 35.0 Å². The monoisotopic (exact) mass is 430 g/mol. The lowest BCUT2D eigenvalue weighted by molar-refractivity contribution is -0.113. The number of ether oxygens (including phenoxy) is 1. The molecule has 0 unspecified atom stereocenters. The molecule has 1 N–H and O–H groups in total. The number of carbonyl (C=O) groups excluding carboxylic acids is 1. The van der Waals surface area contributed by atoms with Crippen molar-refractivity contribution in [2.24, 2.45) is 7.05 Å². The molecule has 2 aromatic carbocycles. The van der Waals surface area contributed by atoms with E-state index in [0.29, 0.717) is 16.0 Å². The van der Waals surface area contributed by atoms with Crippen LogP contribution in [0.2, 0.25) is 5.02 Å². The zero-order valence-corrected chi connectivity index (χ0v) is 18.4. The van der Waals surface area contributed by atoms with Crippen molar-refractivity contribution in [3.05, 3.63) is 63.9 Å². The lowest BCUT2D eigenvalue weighted by Crippen LogP contribution is -2.15. The van der Waals surface area contributed by atoms with E-state index in [1.54, 1.807) is 6.07 Å². The fourth-order valence-corrected chi connectivity index (χ4v) is 3.49. The molecule has 0 saturated heterocycles. The lowest BCUT2D eigenvalue weighted by atomic mass is 10.1. The van der Waals surface area contributed by atoms with Gasteiger partial charge < -0.3 is 14.6 Å². The highest BCUT2D eigenvalue weighted by atomic mass is 35.5. The predicted octanol–water partition coefficient (Wildman–Crippen LogP) is 4.70. The fourth-order valence-electron chi connectivity index (χ4n) is 2.64. The van der Waals surface area contributed by atoms with Gasteiger partial charge in [0, 0.05) is 17.8 Å². The topological polar surface area (TPSA) is 69.0 Å². The van der Waals surface area contributed by atoms with Gasteiger partial charge in [0.25, 0.3) is 0 Å². The van der Waals surface area contributed by atoms with Crippen LogP contribution in [0.1, 0.15) is 22.5 Å². The first kappa shape index (κ1) is 21.2. The summed E-state index contributed by atoms with van der Waals surface area (Å²) in [5.74, 6) is 1.56. The van der Waals surface area contributed by atoms with Gasteiger partial charge in [0.1, 0.15) is 12.4 Å². The number of hydrogen-bond acceptors (Lipinski definition) is 5. The third-order valence-electron chi connectivity index (χ3n) is 4.42. The molecule has 6 nitrogen and oxygen atoms in total. The van der Waals surface area contributed by atoms with Gasteiger partial charge in [0.05, 0.1) is 5.75 Å². The summed E-state index contributed by atoms with van der Waals surface area (Å²) in [6.07, 6.45) is 0. The van der Waals surface area contributed by atoms with Crippen LogP contribution >= 0.6 is 23.4 Å². The normalized spacial score (nSPS) is 10.8. The first-order valence-electron chi connectivity index (χ1n) is 9.10. The van der Waals surface area contributed by atoms with Crippen molar-refractivity contribution in [2.75, 3.05) is 11.1 Å². The molecule has 1 aromatic heterocycles.